The molecule has 3 nitrogen and oxygen atoms in total. The number of hydrogen-bond acceptors (Lipinski definition) is 3. The zero-order valence-corrected chi connectivity index (χ0v) is 12.0. The molecule has 0 aliphatic heterocycles. The molecule has 0 aliphatic carbocycles. The van der Waals surface area contributed by atoms with Crippen LogP contribution in [0.4, 0.5) is 0 Å². The zero-order valence-electron chi connectivity index (χ0n) is 12.0. The molecule has 0 spiro atoms. The molecule has 20 heavy (non-hydrogen) atoms. The second-order valence-electron chi connectivity index (χ2n) is 4.40. The Kier molecular flexibility index (Phi) is 4.31. The van der Waals surface area contributed by atoms with E-state index in [1.54, 1.807) is 14.2 Å². The van der Waals surface area contributed by atoms with E-state index in [1.165, 1.54) is 0 Å². The van der Waals surface area contributed by atoms with E-state index >= 15 is 0 Å². The van der Waals surface area contributed by atoms with Gasteiger partial charge in [-0.3, -0.25) is 0 Å². The fourth-order valence-corrected chi connectivity index (χ4v) is 1.99. The van der Waals surface area contributed by atoms with Crippen molar-refractivity contribution in [3.8, 4) is 23.0 Å². The van der Waals surface area contributed by atoms with E-state index in [0.717, 1.165) is 16.9 Å². The molecule has 0 aromatic heterocycles. The van der Waals surface area contributed by atoms with Gasteiger partial charge in [-0.05, 0) is 24.6 Å². The first-order chi connectivity index (χ1) is 9.65. The van der Waals surface area contributed by atoms with Gasteiger partial charge in [0.2, 0.25) is 0 Å². The van der Waals surface area contributed by atoms with Gasteiger partial charge in [0.1, 0.15) is 23.0 Å². The highest BCUT2D eigenvalue weighted by molar-refractivity contribution is 5.74. The third kappa shape index (κ3) is 2.94. The standard InChI is InChI=1S/C17H18O3/c1-12(2)17-15(18-3)10-14(11-16(17)19-4)20-13-8-6-5-7-9-13/h5-11H,1H2,2-4H3. The van der Waals surface area contributed by atoms with Gasteiger partial charge in [-0.1, -0.05) is 24.8 Å². The number of benzene rings is 2. The summed E-state index contributed by atoms with van der Waals surface area (Å²) in [6.45, 7) is 5.87. The van der Waals surface area contributed by atoms with Crippen LogP contribution in [0, 0.1) is 0 Å². The monoisotopic (exact) mass is 270 g/mol. The normalized spacial score (nSPS) is 9.95. The molecule has 0 amide bonds. The first kappa shape index (κ1) is 14.0. The molecule has 2 aromatic carbocycles. The van der Waals surface area contributed by atoms with Gasteiger partial charge >= 0.3 is 0 Å². The van der Waals surface area contributed by atoms with Crippen LogP contribution >= 0.6 is 0 Å². The summed E-state index contributed by atoms with van der Waals surface area (Å²) >= 11 is 0. The SMILES string of the molecule is C=C(C)c1c(OC)cc(Oc2ccccc2)cc1OC. The fourth-order valence-electron chi connectivity index (χ4n) is 1.99. The maximum atomic E-state index is 5.81. The minimum atomic E-state index is 0.662. The third-order valence-corrected chi connectivity index (χ3v) is 2.89. The second-order valence-corrected chi connectivity index (χ2v) is 4.40. The summed E-state index contributed by atoms with van der Waals surface area (Å²) in [5.41, 5.74) is 1.74. The summed E-state index contributed by atoms with van der Waals surface area (Å²) in [6.07, 6.45) is 0. The predicted octanol–water partition coefficient (Wildman–Crippen LogP) is 4.53. The lowest BCUT2D eigenvalue weighted by molar-refractivity contribution is 0.384. The molecule has 0 saturated heterocycles. The number of methoxy groups -OCH3 is 2. The quantitative estimate of drug-likeness (QED) is 0.799. The molecule has 0 bridgehead atoms. The van der Waals surface area contributed by atoms with Crippen LogP contribution in [0.1, 0.15) is 12.5 Å². The van der Waals surface area contributed by atoms with Gasteiger partial charge in [0.15, 0.2) is 0 Å². The Labute approximate surface area is 119 Å². The van der Waals surface area contributed by atoms with Crippen LogP contribution in [0.3, 0.4) is 0 Å². The molecular formula is C17H18O3. The molecule has 104 valence electrons. The number of para-hydroxylation sites is 1. The van der Waals surface area contributed by atoms with E-state index in [2.05, 4.69) is 6.58 Å². The van der Waals surface area contributed by atoms with Gasteiger partial charge in [0, 0.05) is 12.1 Å². The maximum Gasteiger partial charge on any atom is 0.134 e. The van der Waals surface area contributed by atoms with Gasteiger partial charge in [-0.25, -0.2) is 0 Å². The summed E-state index contributed by atoms with van der Waals surface area (Å²) < 4.78 is 16.6. The third-order valence-electron chi connectivity index (χ3n) is 2.89. The van der Waals surface area contributed by atoms with Crippen molar-refractivity contribution in [2.75, 3.05) is 14.2 Å². The average molecular weight is 270 g/mol. The number of allylic oxidation sites excluding steroid dienone is 1. The summed E-state index contributed by atoms with van der Waals surface area (Å²) in [7, 11) is 3.24. The molecule has 3 heteroatoms. The van der Waals surface area contributed by atoms with Crippen LogP contribution in [0.5, 0.6) is 23.0 Å². The molecule has 0 saturated carbocycles. The Balaban J connectivity index is 2.43. The predicted molar refractivity (Wildman–Crippen MR) is 80.8 cm³/mol. The minimum Gasteiger partial charge on any atom is -0.496 e. The van der Waals surface area contributed by atoms with Crippen LogP contribution in [0.25, 0.3) is 5.57 Å². The average Bonchev–Trinajstić information content (AvgIpc) is 2.46. The van der Waals surface area contributed by atoms with Crippen molar-refractivity contribution in [2.45, 2.75) is 6.92 Å². The van der Waals surface area contributed by atoms with Crippen LogP contribution in [-0.4, -0.2) is 14.2 Å². The summed E-state index contributed by atoms with van der Waals surface area (Å²) in [4.78, 5) is 0. The highest BCUT2D eigenvalue weighted by Gasteiger charge is 2.14. The topological polar surface area (TPSA) is 27.7 Å². The lowest BCUT2D eigenvalue weighted by Gasteiger charge is -2.15. The number of hydrogen-bond donors (Lipinski definition) is 0. The van der Waals surface area contributed by atoms with Gasteiger partial charge in [0.25, 0.3) is 0 Å². The van der Waals surface area contributed by atoms with Crippen molar-refractivity contribution in [2.24, 2.45) is 0 Å². The molecule has 0 fully saturated rings. The number of rotatable bonds is 5. The maximum absolute atomic E-state index is 5.81. The summed E-state index contributed by atoms with van der Waals surface area (Å²) in [5, 5.41) is 0. The molecule has 2 aromatic rings. The lowest BCUT2D eigenvalue weighted by Crippen LogP contribution is -1.96. The minimum absolute atomic E-state index is 0.662. The molecular weight excluding hydrogens is 252 g/mol. The van der Waals surface area contributed by atoms with E-state index in [0.29, 0.717) is 17.2 Å². The van der Waals surface area contributed by atoms with Crippen LogP contribution in [-0.2, 0) is 0 Å². The molecule has 0 radical (unpaired) electrons. The summed E-state index contributed by atoms with van der Waals surface area (Å²) in [6, 6.07) is 13.2. The van der Waals surface area contributed by atoms with Crippen molar-refractivity contribution in [1.82, 2.24) is 0 Å². The van der Waals surface area contributed by atoms with E-state index in [9.17, 15) is 0 Å². The molecule has 0 aliphatic rings. The summed E-state index contributed by atoms with van der Waals surface area (Å²) in [5.74, 6) is 2.79. The largest absolute Gasteiger partial charge is 0.496 e. The van der Waals surface area contributed by atoms with Crippen LogP contribution in [0.2, 0.25) is 0 Å². The Morgan fingerprint density at radius 1 is 0.900 bits per heavy atom. The molecule has 0 N–H and O–H groups in total. The van der Waals surface area contributed by atoms with Crippen molar-refractivity contribution in [3.63, 3.8) is 0 Å². The highest BCUT2D eigenvalue weighted by Crippen LogP contribution is 2.39. The van der Waals surface area contributed by atoms with Gasteiger partial charge < -0.3 is 14.2 Å². The first-order valence-corrected chi connectivity index (χ1v) is 6.30. The van der Waals surface area contributed by atoms with E-state index in [-0.39, 0.29) is 0 Å². The smallest absolute Gasteiger partial charge is 0.134 e. The van der Waals surface area contributed by atoms with Crippen LogP contribution < -0.4 is 14.2 Å². The van der Waals surface area contributed by atoms with E-state index in [4.69, 9.17) is 14.2 Å². The van der Waals surface area contributed by atoms with Crippen LogP contribution in [0.15, 0.2) is 49.0 Å². The molecule has 0 unspecified atom stereocenters. The van der Waals surface area contributed by atoms with Gasteiger partial charge in [-0.15, -0.1) is 0 Å². The van der Waals surface area contributed by atoms with Gasteiger partial charge in [0.05, 0.1) is 19.8 Å². The Bertz CT molecular complexity index is 578. The van der Waals surface area contributed by atoms with Crippen molar-refractivity contribution < 1.29 is 14.2 Å². The van der Waals surface area contributed by atoms with Crippen molar-refractivity contribution >= 4 is 5.57 Å². The van der Waals surface area contributed by atoms with Crippen molar-refractivity contribution in [3.05, 3.63) is 54.6 Å². The van der Waals surface area contributed by atoms with Gasteiger partial charge in [-0.2, -0.15) is 0 Å². The van der Waals surface area contributed by atoms with Crippen molar-refractivity contribution in [1.29, 1.82) is 0 Å². The zero-order chi connectivity index (χ0) is 14.5. The molecule has 2 rings (SSSR count). The number of ether oxygens (including phenoxy) is 3. The second kappa shape index (κ2) is 6.15. The Morgan fingerprint density at radius 2 is 1.45 bits per heavy atom. The Morgan fingerprint density at radius 3 is 1.90 bits per heavy atom. The molecule has 0 atom stereocenters. The fraction of sp³-hybridized carbons (Fsp3) is 0.176. The van der Waals surface area contributed by atoms with E-state index in [1.807, 2.05) is 49.4 Å². The first-order valence-electron chi connectivity index (χ1n) is 6.30. The molecule has 0 heterocycles. The highest BCUT2D eigenvalue weighted by atomic mass is 16.5. The van der Waals surface area contributed by atoms with E-state index < -0.39 is 0 Å². The lowest BCUT2D eigenvalue weighted by atomic mass is 10.1. The Hall–Kier alpha value is -2.42.